The molecule has 2 heterocycles. The maximum atomic E-state index is 13.1. The van der Waals surface area contributed by atoms with Crippen LogP contribution in [0.4, 0.5) is 0 Å². The van der Waals surface area contributed by atoms with Gasteiger partial charge in [-0.25, -0.2) is 9.80 Å². The molecule has 1 unspecified atom stereocenters. The number of hydrazone groups is 1. The van der Waals surface area contributed by atoms with Crippen molar-refractivity contribution in [3.63, 3.8) is 0 Å². The zero-order valence-electron chi connectivity index (χ0n) is 17.1. The molecule has 1 aliphatic heterocycles. The molecule has 0 spiro atoms. The smallest absolute Gasteiger partial charge is 0.344 e. The van der Waals surface area contributed by atoms with Crippen molar-refractivity contribution < 1.29 is 19.1 Å². The molecule has 3 aromatic rings. The Balaban J connectivity index is 1.54. The third-order valence-corrected chi connectivity index (χ3v) is 5.74. The Morgan fingerprint density at radius 2 is 1.84 bits per heavy atom. The van der Waals surface area contributed by atoms with Crippen LogP contribution in [-0.4, -0.2) is 35.8 Å². The molecule has 7 heteroatoms. The summed E-state index contributed by atoms with van der Waals surface area (Å²) < 4.78 is 10.3. The van der Waals surface area contributed by atoms with Gasteiger partial charge in [0.05, 0.1) is 23.2 Å². The van der Waals surface area contributed by atoms with E-state index in [0.717, 1.165) is 16.8 Å². The fraction of sp³-hybridized carbons (Fsp3) is 0.208. The highest BCUT2D eigenvalue weighted by molar-refractivity contribution is 7.12. The van der Waals surface area contributed by atoms with Crippen molar-refractivity contribution in [3.8, 4) is 5.75 Å². The molecule has 2 aromatic carbocycles. The monoisotopic (exact) mass is 434 g/mol. The minimum Gasteiger partial charge on any atom is -0.482 e. The van der Waals surface area contributed by atoms with E-state index in [-0.39, 0.29) is 18.6 Å². The highest BCUT2D eigenvalue weighted by atomic mass is 32.1. The Morgan fingerprint density at radius 3 is 2.52 bits per heavy atom. The van der Waals surface area contributed by atoms with Gasteiger partial charge in [-0.3, -0.25) is 4.79 Å². The third-order valence-electron chi connectivity index (χ3n) is 4.88. The topological polar surface area (TPSA) is 68.2 Å². The molecule has 0 bridgehead atoms. The summed E-state index contributed by atoms with van der Waals surface area (Å²) in [6, 6.07) is 20.8. The summed E-state index contributed by atoms with van der Waals surface area (Å²) >= 11 is 1.41. The van der Waals surface area contributed by atoms with Crippen molar-refractivity contribution >= 4 is 28.9 Å². The van der Waals surface area contributed by atoms with Gasteiger partial charge in [-0.05, 0) is 53.8 Å². The number of carbonyl (C=O) groups excluding carboxylic acids is 2. The molecule has 1 amide bonds. The number of amides is 1. The highest BCUT2D eigenvalue weighted by Crippen LogP contribution is 2.34. The van der Waals surface area contributed by atoms with Crippen molar-refractivity contribution in [1.29, 1.82) is 0 Å². The minimum absolute atomic E-state index is 0.103. The molecule has 6 nitrogen and oxygen atoms in total. The molecule has 0 aliphatic carbocycles. The summed E-state index contributed by atoms with van der Waals surface area (Å²) in [5, 5.41) is 8.17. The molecule has 0 saturated heterocycles. The van der Waals surface area contributed by atoms with Crippen LogP contribution in [0.2, 0.25) is 0 Å². The molecule has 158 valence electrons. The second-order valence-electron chi connectivity index (χ2n) is 6.92. The molecule has 1 atom stereocenters. The van der Waals surface area contributed by atoms with Gasteiger partial charge in [-0.15, -0.1) is 11.3 Å². The maximum Gasteiger partial charge on any atom is 0.344 e. The summed E-state index contributed by atoms with van der Waals surface area (Å²) in [5.74, 6) is 0.0648. The van der Waals surface area contributed by atoms with Gasteiger partial charge >= 0.3 is 5.97 Å². The second-order valence-corrected chi connectivity index (χ2v) is 7.87. The van der Waals surface area contributed by atoms with Crippen molar-refractivity contribution in [2.75, 3.05) is 13.2 Å². The summed E-state index contributed by atoms with van der Waals surface area (Å²) in [5.41, 5.74) is 2.78. The number of nitrogens with zero attached hydrogens (tertiary/aromatic N) is 2. The average Bonchev–Trinajstić information content (AvgIpc) is 3.49. The normalized spacial score (nSPS) is 15.5. The van der Waals surface area contributed by atoms with E-state index in [1.807, 2.05) is 60.0 Å². The molecule has 1 aromatic heterocycles. The van der Waals surface area contributed by atoms with Gasteiger partial charge in [-0.2, -0.15) is 5.10 Å². The lowest BCUT2D eigenvalue weighted by Gasteiger charge is -2.21. The molecule has 4 rings (SSSR count). The quantitative estimate of drug-likeness (QED) is 0.506. The van der Waals surface area contributed by atoms with Crippen LogP contribution in [0, 0.1) is 0 Å². The Hall–Kier alpha value is -3.45. The third kappa shape index (κ3) is 4.83. The Labute approximate surface area is 184 Å². The van der Waals surface area contributed by atoms with Crippen LogP contribution in [0.5, 0.6) is 5.75 Å². The molecule has 0 N–H and O–H groups in total. The number of benzene rings is 2. The lowest BCUT2D eigenvalue weighted by atomic mass is 9.98. The van der Waals surface area contributed by atoms with E-state index in [1.54, 1.807) is 24.1 Å². The molecule has 0 radical (unpaired) electrons. The van der Waals surface area contributed by atoms with Gasteiger partial charge in [0.25, 0.3) is 5.91 Å². The van der Waals surface area contributed by atoms with E-state index < -0.39 is 5.97 Å². The highest BCUT2D eigenvalue weighted by Gasteiger charge is 2.33. The molecule has 1 aliphatic rings. The maximum absolute atomic E-state index is 13.1. The van der Waals surface area contributed by atoms with E-state index in [4.69, 9.17) is 14.6 Å². The first-order chi connectivity index (χ1) is 15.2. The zero-order valence-corrected chi connectivity index (χ0v) is 17.9. The largest absolute Gasteiger partial charge is 0.482 e. The zero-order chi connectivity index (χ0) is 21.6. The van der Waals surface area contributed by atoms with Gasteiger partial charge < -0.3 is 9.47 Å². The van der Waals surface area contributed by atoms with E-state index >= 15 is 0 Å². The van der Waals surface area contributed by atoms with Crippen molar-refractivity contribution in [2.24, 2.45) is 5.10 Å². The van der Waals surface area contributed by atoms with Gasteiger partial charge in [0.15, 0.2) is 6.61 Å². The lowest BCUT2D eigenvalue weighted by Crippen LogP contribution is -2.26. The molecular formula is C24H22N2O4S. The summed E-state index contributed by atoms with van der Waals surface area (Å²) in [6.07, 6.45) is 0.615. The molecule has 0 fully saturated rings. The number of hydrogen-bond donors (Lipinski definition) is 0. The number of hydrogen-bond acceptors (Lipinski definition) is 6. The lowest BCUT2D eigenvalue weighted by molar-refractivity contribution is -0.145. The number of carbonyl (C=O) groups is 2. The van der Waals surface area contributed by atoms with E-state index in [2.05, 4.69) is 0 Å². The van der Waals surface area contributed by atoms with Crippen molar-refractivity contribution in [1.82, 2.24) is 5.01 Å². The van der Waals surface area contributed by atoms with Gasteiger partial charge in [-0.1, -0.05) is 36.4 Å². The Kier molecular flexibility index (Phi) is 6.43. The first-order valence-corrected chi connectivity index (χ1v) is 10.9. The van der Waals surface area contributed by atoms with Crippen molar-refractivity contribution in [2.45, 2.75) is 19.4 Å². The van der Waals surface area contributed by atoms with Crippen molar-refractivity contribution in [3.05, 3.63) is 88.1 Å². The van der Waals surface area contributed by atoms with Gasteiger partial charge in [0.1, 0.15) is 5.75 Å². The standard InChI is InChI=1S/C24H22N2O4S/c1-2-29-23(27)16-30-19-12-10-17(11-13-19)20-15-21(18-7-4-3-5-8-18)26(25-20)24(28)22-9-6-14-31-22/h3-14,21H,2,15-16H2,1H3. The van der Waals surface area contributed by atoms with Crippen LogP contribution in [-0.2, 0) is 9.53 Å². The van der Waals surface area contributed by atoms with Crippen LogP contribution in [0.25, 0.3) is 0 Å². The van der Waals surface area contributed by atoms with Gasteiger partial charge in [0, 0.05) is 6.42 Å². The number of thiophene rings is 1. The molecule has 31 heavy (non-hydrogen) atoms. The SMILES string of the molecule is CCOC(=O)COc1ccc(C2=NN(C(=O)c3cccs3)C(c3ccccc3)C2)cc1. The first kappa shape index (κ1) is 20.8. The predicted molar refractivity (Wildman–Crippen MR) is 119 cm³/mol. The number of esters is 1. The Bertz CT molecular complexity index is 1060. The molecular weight excluding hydrogens is 412 g/mol. The van der Waals surface area contributed by atoms with E-state index in [0.29, 0.717) is 23.7 Å². The molecule has 0 saturated carbocycles. The second kappa shape index (κ2) is 9.57. The average molecular weight is 435 g/mol. The number of ether oxygens (including phenoxy) is 2. The van der Waals surface area contributed by atoms with Crippen LogP contribution >= 0.6 is 11.3 Å². The predicted octanol–water partition coefficient (Wildman–Crippen LogP) is 4.68. The van der Waals surface area contributed by atoms with Crippen LogP contribution < -0.4 is 4.74 Å². The van der Waals surface area contributed by atoms with Gasteiger partial charge in [0.2, 0.25) is 0 Å². The fourth-order valence-electron chi connectivity index (χ4n) is 3.41. The van der Waals surface area contributed by atoms with E-state index in [1.165, 1.54) is 11.3 Å². The minimum atomic E-state index is -0.403. The van der Waals surface area contributed by atoms with Crippen LogP contribution in [0.3, 0.4) is 0 Å². The van der Waals surface area contributed by atoms with Crippen LogP contribution in [0.1, 0.15) is 40.2 Å². The first-order valence-electron chi connectivity index (χ1n) is 10.0. The summed E-state index contributed by atoms with van der Waals surface area (Å²) in [7, 11) is 0. The van der Waals surface area contributed by atoms with E-state index in [9.17, 15) is 9.59 Å². The van der Waals surface area contributed by atoms with Crippen LogP contribution in [0.15, 0.2) is 77.2 Å². The fourth-order valence-corrected chi connectivity index (χ4v) is 4.06. The summed E-state index contributed by atoms with van der Waals surface area (Å²) in [4.78, 5) is 25.2. The Morgan fingerprint density at radius 1 is 1.06 bits per heavy atom. The summed E-state index contributed by atoms with van der Waals surface area (Å²) in [6.45, 7) is 1.95. The number of rotatable bonds is 7.